The Morgan fingerprint density at radius 1 is 1.23 bits per heavy atom. The summed E-state index contributed by atoms with van der Waals surface area (Å²) in [5.74, 6) is -2.05. The van der Waals surface area contributed by atoms with Gasteiger partial charge in [0, 0.05) is 85.8 Å². The topological polar surface area (TPSA) is 80.7 Å². The molecule has 2 aliphatic rings. The molecule has 4 rings (SSSR count). The minimum atomic E-state index is -4.89. The summed E-state index contributed by atoms with van der Waals surface area (Å²) in [6.07, 6.45) is -3.69. The van der Waals surface area contributed by atoms with E-state index in [0.717, 1.165) is 30.0 Å². The van der Waals surface area contributed by atoms with E-state index in [9.17, 15) is 26.7 Å². The molecule has 2 heterocycles. The number of hydrogen-bond donors (Lipinski definition) is 3. The number of carbonyl (C=O) groups is 1. The van der Waals surface area contributed by atoms with Crippen molar-refractivity contribution in [3.63, 3.8) is 0 Å². The molecule has 0 aromatic heterocycles. The van der Waals surface area contributed by atoms with Gasteiger partial charge in [-0.05, 0) is 24.3 Å². The number of fused-ring (bicyclic) bond motifs is 1. The molecule has 1 saturated heterocycles. The molecule has 1 fully saturated rings. The fourth-order valence-electron chi connectivity index (χ4n) is 4.76. The maximum Gasteiger partial charge on any atom is 0.417 e. The van der Waals surface area contributed by atoms with E-state index in [2.05, 4.69) is 17.2 Å². The number of anilines is 1. The average Bonchev–Trinajstić information content (AvgIpc) is 3.14. The van der Waals surface area contributed by atoms with Crippen LogP contribution < -0.4 is 10.6 Å². The molecular weight excluding hydrogens is 553 g/mol. The van der Waals surface area contributed by atoms with Crippen molar-refractivity contribution >= 4 is 29.2 Å². The minimum Gasteiger partial charge on any atom is -0.383 e. The highest BCUT2D eigenvalue weighted by atomic mass is 32.2. The van der Waals surface area contributed by atoms with Gasteiger partial charge >= 0.3 is 6.18 Å². The molecule has 1 unspecified atom stereocenters. The summed E-state index contributed by atoms with van der Waals surface area (Å²) in [5.41, 5.74) is -1.59. The van der Waals surface area contributed by atoms with Crippen LogP contribution in [0.2, 0.25) is 0 Å². The highest BCUT2D eigenvalue weighted by molar-refractivity contribution is 7.99. The van der Waals surface area contributed by atoms with Crippen LogP contribution in [-0.4, -0.2) is 86.3 Å². The normalized spacial score (nSPS) is 17.6. The number of nitrogens with one attached hydrogen (secondary N) is 3. The van der Waals surface area contributed by atoms with Gasteiger partial charge in [0.1, 0.15) is 17.5 Å². The molecular formula is C27H30F5N5O2S. The van der Waals surface area contributed by atoms with Gasteiger partial charge in [0.2, 0.25) is 5.91 Å². The van der Waals surface area contributed by atoms with Crippen LogP contribution in [-0.2, 0) is 15.7 Å². The van der Waals surface area contributed by atoms with E-state index in [-0.39, 0.29) is 65.7 Å². The van der Waals surface area contributed by atoms with Crippen LogP contribution >= 0.6 is 11.8 Å². The third kappa shape index (κ3) is 6.42. The summed E-state index contributed by atoms with van der Waals surface area (Å²) >= 11 is 1.12. The zero-order valence-electron chi connectivity index (χ0n) is 21.8. The van der Waals surface area contributed by atoms with Crippen molar-refractivity contribution in [3.8, 4) is 11.1 Å². The number of ether oxygens (including phenoxy) is 1. The Kier molecular flexibility index (Phi) is 9.37. The van der Waals surface area contributed by atoms with Crippen LogP contribution in [0.15, 0.2) is 41.8 Å². The molecule has 0 radical (unpaired) electrons. The summed E-state index contributed by atoms with van der Waals surface area (Å²) in [5, 5.41) is 15.4. The van der Waals surface area contributed by atoms with Gasteiger partial charge in [0.15, 0.2) is 0 Å². The number of nitrogens with zero attached hydrogens (tertiary/aromatic N) is 2. The smallest absolute Gasteiger partial charge is 0.383 e. The standard InChI is InChI=1S/C27H30F5N5O2S/c1-3-22(38)36-7-9-37(10-8-36)26(33)19-13-20(27(30,31)32)23(18-5-4-16(28)12-21(18)29)25-24(19)35-14-17(15-40-25)34-6-11-39-2/h3-5,12-13,17,33-35H,1,6-11,14-15H2,2H3. The molecule has 3 N–H and O–H groups in total. The quantitative estimate of drug-likeness (QED) is 0.147. The zero-order valence-corrected chi connectivity index (χ0v) is 22.7. The SMILES string of the molecule is C=CC(=O)N1CCN(C(=N)c2cc(C(F)(F)F)c(-c3ccc(F)cc3F)c3c2NCC(NCCOC)CS3)CC1. The van der Waals surface area contributed by atoms with Crippen molar-refractivity contribution in [1.29, 1.82) is 5.41 Å². The van der Waals surface area contributed by atoms with Gasteiger partial charge in [0.25, 0.3) is 0 Å². The van der Waals surface area contributed by atoms with Gasteiger partial charge in [-0.15, -0.1) is 11.8 Å². The Balaban J connectivity index is 1.81. The lowest BCUT2D eigenvalue weighted by Crippen LogP contribution is -2.50. The number of halogens is 5. The van der Waals surface area contributed by atoms with Crippen molar-refractivity contribution in [1.82, 2.24) is 15.1 Å². The van der Waals surface area contributed by atoms with Gasteiger partial charge < -0.3 is 25.2 Å². The first-order valence-corrected chi connectivity index (χ1v) is 13.6. The number of piperazine rings is 1. The number of rotatable bonds is 7. The van der Waals surface area contributed by atoms with Crippen molar-refractivity contribution in [3.05, 3.63) is 59.7 Å². The fourth-order valence-corrected chi connectivity index (χ4v) is 6.06. The van der Waals surface area contributed by atoms with E-state index in [1.807, 2.05) is 0 Å². The second kappa shape index (κ2) is 12.6. The maximum absolute atomic E-state index is 15.0. The average molecular weight is 584 g/mol. The lowest BCUT2D eigenvalue weighted by Gasteiger charge is -2.36. The molecule has 2 aromatic rings. The number of thioether (sulfide) groups is 1. The van der Waals surface area contributed by atoms with Gasteiger partial charge in [-0.25, -0.2) is 8.78 Å². The van der Waals surface area contributed by atoms with Gasteiger partial charge in [0.05, 0.1) is 17.9 Å². The monoisotopic (exact) mass is 583 g/mol. The number of alkyl halides is 3. The summed E-state index contributed by atoms with van der Waals surface area (Å²) in [6.45, 7) is 5.84. The van der Waals surface area contributed by atoms with Crippen LogP contribution in [0.1, 0.15) is 11.1 Å². The lowest BCUT2D eigenvalue weighted by molar-refractivity contribution is -0.137. The van der Waals surface area contributed by atoms with E-state index in [1.54, 1.807) is 16.9 Å². The maximum atomic E-state index is 15.0. The van der Waals surface area contributed by atoms with Crippen molar-refractivity contribution < 1.29 is 31.5 Å². The molecule has 2 aromatic carbocycles. The molecule has 13 heteroatoms. The number of hydrogen-bond acceptors (Lipinski definition) is 6. The first-order chi connectivity index (χ1) is 19.0. The van der Waals surface area contributed by atoms with Gasteiger partial charge in [-0.2, -0.15) is 13.2 Å². The van der Waals surface area contributed by atoms with Crippen molar-refractivity contribution in [2.75, 3.05) is 64.1 Å². The largest absolute Gasteiger partial charge is 0.417 e. The number of carbonyl (C=O) groups excluding carboxylic acids is 1. The molecule has 0 aliphatic carbocycles. The van der Waals surface area contributed by atoms with Crippen molar-refractivity contribution in [2.45, 2.75) is 17.1 Å². The first kappa shape index (κ1) is 29.8. The second-order valence-electron chi connectivity index (χ2n) is 9.37. The molecule has 0 saturated carbocycles. The van der Waals surface area contributed by atoms with Gasteiger partial charge in [-0.1, -0.05) is 6.58 Å². The molecule has 0 spiro atoms. The van der Waals surface area contributed by atoms with Crippen LogP contribution in [0.3, 0.4) is 0 Å². The predicted octanol–water partition coefficient (Wildman–Crippen LogP) is 4.43. The molecule has 1 atom stereocenters. The van der Waals surface area contributed by atoms with E-state index >= 15 is 0 Å². The van der Waals surface area contributed by atoms with E-state index in [1.165, 1.54) is 6.08 Å². The predicted molar refractivity (Wildman–Crippen MR) is 145 cm³/mol. The summed E-state index contributed by atoms with van der Waals surface area (Å²) < 4.78 is 77.5. The number of benzene rings is 2. The van der Waals surface area contributed by atoms with E-state index in [4.69, 9.17) is 10.1 Å². The Morgan fingerprint density at radius 3 is 2.55 bits per heavy atom. The third-order valence-corrected chi connectivity index (χ3v) is 8.08. The van der Waals surface area contributed by atoms with E-state index in [0.29, 0.717) is 31.5 Å². The van der Waals surface area contributed by atoms with Crippen LogP contribution in [0.5, 0.6) is 0 Å². The summed E-state index contributed by atoms with van der Waals surface area (Å²) in [6, 6.07) is 3.20. The number of methoxy groups -OCH3 is 1. The van der Waals surface area contributed by atoms with Crippen molar-refractivity contribution in [2.24, 2.45) is 0 Å². The third-order valence-electron chi connectivity index (χ3n) is 6.82. The fraction of sp³-hybridized carbons (Fsp3) is 0.407. The van der Waals surface area contributed by atoms with Crippen LogP contribution in [0.4, 0.5) is 27.6 Å². The first-order valence-electron chi connectivity index (χ1n) is 12.6. The summed E-state index contributed by atoms with van der Waals surface area (Å²) in [4.78, 5) is 15.3. The lowest BCUT2D eigenvalue weighted by atomic mass is 9.94. The Labute approximate surface area is 233 Å². The highest BCUT2D eigenvalue weighted by Crippen LogP contribution is 2.49. The second-order valence-corrected chi connectivity index (χ2v) is 10.4. The van der Waals surface area contributed by atoms with E-state index < -0.39 is 28.9 Å². The summed E-state index contributed by atoms with van der Waals surface area (Å²) in [7, 11) is 1.56. The number of amidine groups is 1. The van der Waals surface area contributed by atoms with Gasteiger partial charge in [-0.3, -0.25) is 10.2 Å². The Hall–Kier alpha value is -3.16. The molecule has 0 bridgehead atoms. The van der Waals surface area contributed by atoms with Crippen LogP contribution in [0.25, 0.3) is 11.1 Å². The zero-order chi connectivity index (χ0) is 29.0. The highest BCUT2D eigenvalue weighted by Gasteiger charge is 2.39. The molecule has 7 nitrogen and oxygen atoms in total. The Morgan fingerprint density at radius 2 is 1.93 bits per heavy atom. The molecule has 2 aliphatic heterocycles. The molecule has 40 heavy (non-hydrogen) atoms. The number of amides is 1. The minimum absolute atomic E-state index is 0.0159. The Bertz CT molecular complexity index is 1280. The van der Waals surface area contributed by atoms with Crippen LogP contribution in [0, 0.1) is 17.0 Å². The molecule has 216 valence electrons. The molecule has 1 amide bonds.